The van der Waals surface area contributed by atoms with Gasteiger partial charge in [0.1, 0.15) is 11.6 Å². The highest BCUT2D eigenvalue weighted by atomic mass is 19.1. The minimum atomic E-state index is -0.366. The average molecular weight is 380 g/mol. The van der Waals surface area contributed by atoms with E-state index < -0.39 is 0 Å². The maximum Gasteiger partial charge on any atom is 0.240 e. The molecule has 0 spiro atoms. The molecule has 0 radical (unpaired) electrons. The number of hydrogen-bond acceptors (Lipinski definition) is 7. The first-order chi connectivity index (χ1) is 13.6. The highest BCUT2D eigenvalue weighted by Gasteiger charge is 2.18. The van der Waals surface area contributed by atoms with Gasteiger partial charge in [-0.25, -0.2) is 9.37 Å². The molecule has 9 heteroatoms. The second-order valence-corrected chi connectivity index (χ2v) is 6.60. The number of nitrogen functional groups attached to an aromatic ring is 1. The summed E-state index contributed by atoms with van der Waals surface area (Å²) in [7, 11) is 0. The van der Waals surface area contributed by atoms with E-state index in [9.17, 15) is 4.39 Å². The quantitative estimate of drug-likeness (QED) is 0.555. The normalized spacial score (nSPS) is 12.9. The molecule has 4 N–H and O–H groups in total. The lowest BCUT2D eigenvalue weighted by Crippen LogP contribution is -2.08. The van der Waals surface area contributed by atoms with Crippen LogP contribution in [-0.4, -0.2) is 32.9 Å². The Morgan fingerprint density at radius 2 is 1.96 bits per heavy atom. The monoisotopic (exact) mass is 380 g/mol. The summed E-state index contributed by atoms with van der Waals surface area (Å²) < 4.78 is 26.6. The first kappa shape index (κ1) is 16.7. The first-order valence-corrected chi connectivity index (χ1v) is 8.84. The summed E-state index contributed by atoms with van der Waals surface area (Å²) >= 11 is 0. The number of nitrogens with zero attached hydrogens (tertiary/aromatic N) is 4. The summed E-state index contributed by atoms with van der Waals surface area (Å²) in [6.45, 7) is 0.591. The summed E-state index contributed by atoms with van der Waals surface area (Å²) in [6, 6.07) is 8.52. The molecule has 0 amide bonds. The third kappa shape index (κ3) is 2.67. The van der Waals surface area contributed by atoms with Gasteiger partial charge in [-0.3, -0.25) is 0 Å². The van der Waals surface area contributed by atoms with Gasteiger partial charge >= 0.3 is 0 Å². The maximum atomic E-state index is 14.2. The molecule has 2 aromatic heterocycles. The molecule has 0 bridgehead atoms. The van der Waals surface area contributed by atoms with E-state index in [1.165, 1.54) is 12.1 Å². The van der Waals surface area contributed by atoms with Crippen molar-refractivity contribution < 1.29 is 13.9 Å². The lowest BCUT2D eigenvalue weighted by molar-refractivity contribution is 0.174. The predicted octanol–water partition coefficient (Wildman–Crippen LogP) is 1.82. The van der Waals surface area contributed by atoms with E-state index in [-0.39, 0.29) is 18.6 Å². The van der Waals surface area contributed by atoms with Crippen molar-refractivity contribution in [2.75, 3.05) is 19.1 Å². The van der Waals surface area contributed by atoms with Gasteiger partial charge in [0.2, 0.25) is 12.7 Å². The second kappa shape index (κ2) is 6.31. The van der Waals surface area contributed by atoms with Gasteiger partial charge in [0.15, 0.2) is 17.1 Å². The number of anilines is 1. The third-order valence-corrected chi connectivity index (χ3v) is 4.72. The molecule has 2 aromatic carbocycles. The van der Waals surface area contributed by atoms with Crippen LogP contribution in [0.25, 0.3) is 16.6 Å². The summed E-state index contributed by atoms with van der Waals surface area (Å²) in [4.78, 5) is 9.02. The number of nitrogens with two attached hydrogens (primary N) is 2. The Balaban J connectivity index is 1.70. The zero-order valence-corrected chi connectivity index (χ0v) is 14.9. The molecule has 0 unspecified atom stereocenters. The van der Waals surface area contributed by atoms with Gasteiger partial charge in [-0.2, -0.15) is 9.50 Å². The van der Waals surface area contributed by atoms with E-state index in [1.54, 1.807) is 4.52 Å². The molecule has 1 aliphatic heterocycles. The van der Waals surface area contributed by atoms with E-state index in [1.807, 2.05) is 18.2 Å². The van der Waals surface area contributed by atoms with Crippen molar-refractivity contribution in [3.8, 4) is 11.5 Å². The van der Waals surface area contributed by atoms with Crippen LogP contribution in [0.4, 0.5) is 10.3 Å². The minimum absolute atomic E-state index is 0.129. The van der Waals surface area contributed by atoms with Gasteiger partial charge in [-0.15, -0.1) is 5.10 Å². The van der Waals surface area contributed by atoms with E-state index >= 15 is 0 Å². The molecule has 0 aliphatic carbocycles. The standard InChI is InChI=1S/C19H17FN6O2/c20-12-7-11(3-4-21)17-13(8-12)23-16(26-18(17)24-19(22)25-26)6-10-1-2-14-15(5-10)28-9-27-14/h1-2,5,7-8H,3-4,6,9,21H2,(H2,22,25). The fourth-order valence-corrected chi connectivity index (χ4v) is 3.55. The number of ether oxygens (including phenoxy) is 2. The van der Waals surface area contributed by atoms with Crippen LogP contribution in [-0.2, 0) is 12.8 Å². The van der Waals surface area contributed by atoms with Crippen molar-refractivity contribution in [2.45, 2.75) is 12.8 Å². The molecule has 28 heavy (non-hydrogen) atoms. The Morgan fingerprint density at radius 3 is 2.82 bits per heavy atom. The van der Waals surface area contributed by atoms with Crippen LogP contribution in [0.1, 0.15) is 17.0 Å². The number of halogens is 1. The Labute approximate surface area is 158 Å². The van der Waals surface area contributed by atoms with Crippen molar-refractivity contribution in [2.24, 2.45) is 5.73 Å². The number of fused-ring (bicyclic) bond motifs is 4. The van der Waals surface area contributed by atoms with Gasteiger partial charge < -0.3 is 20.9 Å². The number of rotatable bonds is 4. The Hall–Kier alpha value is -3.46. The van der Waals surface area contributed by atoms with Crippen molar-refractivity contribution in [3.05, 3.63) is 53.1 Å². The van der Waals surface area contributed by atoms with E-state index in [0.29, 0.717) is 53.3 Å². The lowest BCUT2D eigenvalue weighted by atomic mass is 10.1. The van der Waals surface area contributed by atoms with Crippen LogP contribution in [0, 0.1) is 5.82 Å². The molecule has 0 saturated carbocycles. The molecular weight excluding hydrogens is 363 g/mol. The van der Waals surface area contributed by atoms with Crippen molar-refractivity contribution >= 4 is 22.5 Å². The van der Waals surface area contributed by atoms with Gasteiger partial charge in [-0.1, -0.05) is 6.07 Å². The highest BCUT2D eigenvalue weighted by Crippen LogP contribution is 2.33. The van der Waals surface area contributed by atoms with E-state index in [2.05, 4.69) is 15.1 Å². The Kier molecular flexibility index (Phi) is 3.76. The number of aromatic nitrogens is 4. The summed E-state index contributed by atoms with van der Waals surface area (Å²) in [5.74, 6) is 1.75. The van der Waals surface area contributed by atoms with Crippen LogP contribution in [0.15, 0.2) is 30.3 Å². The molecule has 4 aromatic rings. The Bertz CT molecular complexity index is 1220. The van der Waals surface area contributed by atoms with E-state index in [0.717, 1.165) is 11.1 Å². The maximum absolute atomic E-state index is 14.2. The van der Waals surface area contributed by atoms with Gasteiger partial charge in [0, 0.05) is 17.9 Å². The summed E-state index contributed by atoms with van der Waals surface area (Å²) in [5, 5.41) is 5.01. The van der Waals surface area contributed by atoms with Crippen LogP contribution >= 0.6 is 0 Å². The minimum Gasteiger partial charge on any atom is -0.454 e. The lowest BCUT2D eigenvalue weighted by Gasteiger charge is -2.10. The summed E-state index contributed by atoms with van der Waals surface area (Å²) in [5.41, 5.74) is 14.3. The zero-order chi connectivity index (χ0) is 19.3. The Morgan fingerprint density at radius 1 is 1.11 bits per heavy atom. The van der Waals surface area contributed by atoms with Crippen molar-refractivity contribution in [3.63, 3.8) is 0 Å². The molecule has 142 valence electrons. The number of benzene rings is 2. The third-order valence-electron chi connectivity index (χ3n) is 4.72. The smallest absolute Gasteiger partial charge is 0.240 e. The van der Waals surface area contributed by atoms with Crippen LogP contribution < -0.4 is 20.9 Å². The first-order valence-electron chi connectivity index (χ1n) is 8.84. The topological polar surface area (TPSA) is 114 Å². The van der Waals surface area contributed by atoms with Crippen LogP contribution in [0.2, 0.25) is 0 Å². The predicted molar refractivity (Wildman–Crippen MR) is 101 cm³/mol. The van der Waals surface area contributed by atoms with Gasteiger partial charge in [-0.05, 0) is 42.3 Å². The second-order valence-electron chi connectivity index (χ2n) is 6.60. The molecule has 8 nitrogen and oxygen atoms in total. The molecular formula is C19H17FN6O2. The highest BCUT2D eigenvalue weighted by molar-refractivity contribution is 5.94. The van der Waals surface area contributed by atoms with Crippen molar-refractivity contribution in [1.29, 1.82) is 0 Å². The van der Waals surface area contributed by atoms with Crippen LogP contribution in [0.5, 0.6) is 11.5 Å². The molecule has 3 heterocycles. The fourth-order valence-electron chi connectivity index (χ4n) is 3.55. The van der Waals surface area contributed by atoms with Crippen LogP contribution in [0.3, 0.4) is 0 Å². The largest absolute Gasteiger partial charge is 0.454 e. The van der Waals surface area contributed by atoms with Gasteiger partial charge in [0.05, 0.1) is 5.52 Å². The fraction of sp³-hybridized carbons (Fsp3) is 0.211. The SMILES string of the molecule is NCCc1cc(F)cc2nc(Cc3ccc4c(c3)OCO4)n3nc(N)nc3c12. The molecule has 1 aliphatic rings. The summed E-state index contributed by atoms with van der Waals surface area (Å²) in [6.07, 6.45) is 0.939. The van der Waals surface area contributed by atoms with E-state index in [4.69, 9.17) is 20.9 Å². The molecule has 0 saturated heterocycles. The molecule has 0 atom stereocenters. The van der Waals surface area contributed by atoms with Crippen molar-refractivity contribution in [1.82, 2.24) is 19.6 Å². The number of hydrogen-bond donors (Lipinski definition) is 2. The zero-order valence-electron chi connectivity index (χ0n) is 14.9. The molecule has 5 rings (SSSR count). The average Bonchev–Trinajstić information content (AvgIpc) is 3.27. The molecule has 0 fully saturated rings. The van der Waals surface area contributed by atoms with Gasteiger partial charge in [0.25, 0.3) is 0 Å².